The number of hydrogen-bond donors (Lipinski definition) is 0. The van der Waals surface area contributed by atoms with Crippen molar-refractivity contribution in [2.75, 3.05) is 0 Å². The van der Waals surface area contributed by atoms with Gasteiger partial charge >= 0.3 is 0 Å². The first-order valence-electron chi connectivity index (χ1n) is 5.19. The van der Waals surface area contributed by atoms with Crippen LogP contribution in [0.25, 0.3) is 0 Å². The molecule has 3 rings (SSSR count). The van der Waals surface area contributed by atoms with Crippen molar-refractivity contribution in [2.45, 2.75) is 16.2 Å². The Morgan fingerprint density at radius 3 is 2.88 bits per heavy atom. The quantitative estimate of drug-likeness (QED) is 0.682. The van der Waals surface area contributed by atoms with Gasteiger partial charge in [-0.2, -0.15) is 0 Å². The average molecular weight is 248 g/mol. The average Bonchev–Trinajstić information content (AvgIpc) is 2.45. The normalized spacial score (nSPS) is 26.7. The van der Waals surface area contributed by atoms with Gasteiger partial charge < -0.3 is 0 Å². The molecule has 2 aliphatic rings. The molecule has 1 aliphatic carbocycles. The van der Waals surface area contributed by atoms with E-state index in [0.29, 0.717) is 10.4 Å². The second kappa shape index (κ2) is 4.11. The second-order valence-corrected chi connectivity index (χ2v) is 5.34. The van der Waals surface area contributed by atoms with Gasteiger partial charge in [0.25, 0.3) is 0 Å². The van der Waals surface area contributed by atoms with Crippen LogP contribution in [0, 0.1) is 0 Å². The molecule has 1 aromatic rings. The zero-order valence-electron chi connectivity index (χ0n) is 8.51. The highest BCUT2D eigenvalue weighted by Gasteiger charge is 2.24. The molecule has 3 heteroatoms. The third-order valence-corrected chi connectivity index (χ3v) is 4.31. The van der Waals surface area contributed by atoms with E-state index in [0.717, 1.165) is 5.56 Å². The first kappa shape index (κ1) is 10.2. The summed E-state index contributed by atoms with van der Waals surface area (Å²) in [5.41, 5.74) is 1.05. The second-order valence-electron chi connectivity index (χ2n) is 3.76. The monoisotopic (exact) mass is 247 g/mol. The number of thioether (sulfide) groups is 1. The Kier molecular flexibility index (Phi) is 2.62. The number of hydrogen-bond acceptors (Lipinski definition) is 2. The summed E-state index contributed by atoms with van der Waals surface area (Å²) >= 11 is 8.08. The van der Waals surface area contributed by atoms with Crippen molar-refractivity contribution in [1.29, 1.82) is 0 Å². The lowest BCUT2D eigenvalue weighted by molar-refractivity contribution is 0.849. The Hall–Kier alpha value is -0.990. The number of nitrogens with zero attached hydrogens (tertiary/aromatic N) is 1. The summed E-state index contributed by atoms with van der Waals surface area (Å²) in [6.07, 6.45) is 8.40. The van der Waals surface area contributed by atoms with Crippen molar-refractivity contribution < 1.29 is 0 Å². The van der Waals surface area contributed by atoms with Crippen molar-refractivity contribution in [3.8, 4) is 0 Å². The molecule has 16 heavy (non-hydrogen) atoms. The van der Waals surface area contributed by atoms with Crippen LogP contribution in [0.3, 0.4) is 0 Å². The van der Waals surface area contributed by atoms with Crippen LogP contribution >= 0.6 is 23.4 Å². The number of allylic oxidation sites excluding steroid dienone is 2. The van der Waals surface area contributed by atoms with Gasteiger partial charge in [-0.1, -0.05) is 54.1 Å². The molecule has 1 aromatic carbocycles. The number of rotatable bonds is 0. The molecule has 2 unspecified atom stereocenters. The Morgan fingerprint density at radius 2 is 1.94 bits per heavy atom. The minimum absolute atomic E-state index is 0.162. The minimum atomic E-state index is 0.162. The van der Waals surface area contributed by atoms with Gasteiger partial charge in [0.15, 0.2) is 0 Å². The van der Waals surface area contributed by atoms with Gasteiger partial charge in [-0.05, 0) is 6.07 Å². The SMILES string of the molecule is ClC1=NC2C=CC=CC2Sc2ccccc21. The molecular formula is C13H10ClNS. The maximum Gasteiger partial charge on any atom is 0.132 e. The van der Waals surface area contributed by atoms with Gasteiger partial charge in [-0.25, -0.2) is 0 Å². The molecule has 0 spiro atoms. The van der Waals surface area contributed by atoms with Crippen molar-refractivity contribution >= 4 is 28.5 Å². The standard InChI is InChI=1S/C13H10ClNS/c14-13-9-5-1-3-7-11(9)16-12-8-4-2-6-10(12)15-13/h1-8,10,12H. The summed E-state index contributed by atoms with van der Waals surface area (Å²) in [5.74, 6) is 0. The summed E-state index contributed by atoms with van der Waals surface area (Å²) in [6, 6.07) is 8.33. The zero-order valence-corrected chi connectivity index (χ0v) is 10.1. The van der Waals surface area contributed by atoms with Crippen molar-refractivity contribution in [1.82, 2.24) is 0 Å². The summed E-state index contributed by atoms with van der Waals surface area (Å²) in [5, 5.41) is 0.984. The minimum Gasteiger partial charge on any atom is -0.263 e. The molecule has 0 bridgehead atoms. The molecule has 1 nitrogen and oxygen atoms in total. The van der Waals surface area contributed by atoms with Gasteiger partial charge in [0.05, 0.1) is 11.3 Å². The van der Waals surface area contributed by atoms with Gasteiger partial charge in [0, 0.05) is 10.5 Å². The molecule has 0 saturated heterocycles. The van der Waals surface area contributed by atoms with Crippen LogP contribution in [-0.4, -0.2) is 16.5 Å². The maximum atomic E-state index is 6.25. The molecule has 0 fully saturated rings. The fraction of sp³-hybridized carbons (Fsp3) is 0.154. The van der Waals surface area contributed by atoms with Gasteiger partial charge in [-0.3, -0.25) is 4.99 Å². The number of fused-ring (bicyclic) bond motifs is 2. The molecule has 2 atom stereocenters. The first-order valence-corrected chi connectivity index (χ1v) is 6.45. The van der Waals surface area contributed by atoms with Gasteiger partial charge in [-0.15, -0.1) is 11.8 Å². The van der Waals surface area contributed by atoms with E-state index in [-0.39, 0.29) is 6.04 Å². The van der Waals surface area contributed by atoms with E-state index < -0.39 is 0 Å². The Labute approximate surface area is 104 Å². The highest BCUT2D eigenvalue weighted by molar-refractivity contribution is 8.00. The molecule has 0 saturated carbocycles. The number of halogens is 1. The fourth-order valence-corrected chi connectivity index (χ4v) is 3.42. The van der Waals surface area contributed by atoms with E-state index in [4.69, 9.17) is 11.6 Å². The molecule has 1 heterocycles. The van der Waals surface area contributed by atoms with E-state index in [1.807, 2.05) is 36.0 Å². The highest BCUT2D eigenvalue weighted by atomic mass is 35.5. The molecule has 0 aromatic heterocycles. The molecule has 0 radical (unpaired) electrons. The summed E-state index contributed by atoms with van der Waals surface area (Å²) in [4.78, 5) is 5.77. The third-order valence-electron chi connectivity index (χ3n) is 2.69. The predicted molar refractivity (Wildman–Crippen MR) is 70.5 cm³/mol. The van der Waals surface area contributed by atoms with Crippen LogP contribution in [0.2, 0.25) is 0 Å². The van der Waals surface area contributed by atoms with Crippen LogP contribution in [0.15, 0.2) is 58.5 Å². The van der Waals surface area contributed by atoms with Crippen LogP contribution in [-0.2, 0) is 0 Å². The van der Waals surface area contributed by atoms with Crippen molar-refractivity contribution in [3.05, 3.63) is 54.1 Å². The Bertz CT molecular complexity index is 504. The lowest BCUT2D eigenvalue weighted by Crippen LogP contribution is -2.18. The van der Waals surface area contributed by atoms with Crippen LogP contribution in [0.1, 0.15) is 5.56 Å². The van der Waals surface area contributed by atoms with E-state index in [1.54, 1.807) is 0 Å². The Morgan fingerprint density at radius 1 is 1.12 bits per heavy atom. The summed E-state index contributed by atoms with van der Waals surface area (Å²) in [6.45, 7) is 0. The lowest BCUT2D eigenvalue weighted by Gasteiger charge is -2.17. The highest BCUT2D eigenvalue weighted by Crippen LogP contribution is 2.36. The van der Waals surface area contributed by atoms with Crippen molar-refractivity contribution in [3.63, 3.8) is 0 Å². The zero-order chi connectivity index (χ0) is 11.0. The van der Waals surface area contributed by atoms with Crippen LogP contribution in [0.4, 0.5) is 0 Å². The topological polar surface area (TPSA) is 12.4 Å². The largest absolute Gasteiger partial charge is 0.263 e. The first-order chi connectivity index (χ1) is 7.84. The molecule has 0 amide bonds. The number of benzene rings is 1. The summed E-state index contributed by atoms with van der Waals surface area (Å²) < 4.78 is 0. The predicted octanol–water partition coefficient (Wildman–Crippen LogP) is 3.64. The smallest absolute Gasteiger partial charge is 0.132 e. The molecule has 1 aliphatic heterocycles. The van der Waals surface area contributed by atoms with E-state index in [9.17, 15) is 0 Å². The van der Waals surface area contributed by atoms with Crippen LogP contribution < -0.4 is 0 Å². The fourth-order valence-electron chi connectivity index (χ4n) is 1.89. The molecule has 80 valence electrons. The van der Waals surface area contributed by atoms with Crippen molar-refractivity contribution in [2.24, 2.45) is 4.99 Å². The van der Waals surface area contributed by atoms with E-state index in [1.165, 1.54) is 4.90 Å². The number of aliphatic imine (C=N–C) groups is 1. The molecule has 0 N–H and O–H groups in total. The summed E-state index contributed by atoms with van der Waals surface area (Å²) in [7, 11) is 0. The van der Waals surface area contributed by atoms with Gasteiger partial charge in [0.2, 0.25) is 0 Å². The molecular weight excluding hydrogens is 238 g/mol. The Balaban J connectivity index is 2.10. The van der Waals surface area contributed by atoms with Crippen LogP contribution in [0.5, 0.6) is 0 Å². The van der Waals surface area contributed by atoms with E-state index in [2.05, 4.69) is 29.3 Å². The lowest BCUT2D eigenvalue weighted by atomic mass is 10.1. The third kappa shape index (κ3) is 1.72. The maximum absolute atomic E-state index is 6.25. The van der Waals surface area contributed by atoms with Gasteiger partial charge in [0.1, 0.15) is 5.17 Å². The van der Waals surface area contributed by atoms with E-state index >= 15 is 0 Å².